The van der Waals surface area contributed by atoms with E-state index in [9.17, 15) is 0 Å². The third kappa shape index (κ3) is 1.36. The molecule has 0 bridgehead atoms. The van der Waals surface area contributed by atoms with Gasteiger partial charge in [-0.15, -0.1) is 0 Å². The van der Waals surface area contributed by atoms with E-state index in [2.05, 4.69) is 21.9 Å². The van der Waals surface area contributed by atoms with E-state index in [1.165, 1.54) is 19.3 Å². The summed E-state index contributed by atoms with van der Waals surface area (Å²) in [7, 11) is 2.05. The second-order valence-electron chi connectivity index (χ2n) is 4.68. The molecule has 76 valence electrons. The number of nitrogens with one attached hydrogen (secondary N) is 1. The molecule has 3 unspecified atom stereocenters. The van der Waals surface area contributed by atoms with Crippen molar-refractivity contribution in [1.82, 2.24) is 14.9 Å². The van der Waals surface area contributed by atoms with Crippen LogP contribution in [0, 0.1) is 11.8 Å². The minimum absolute atomic E-state index is 0.775. The minimum Gasteiger partial charge on any atom is -0.337 e. The average Bonchev–Trinajstić information content (AvgIpc) is 2.68. The second kappa shape index (κ2) is 3.09. The first-order valence-corrected chi connectivity index (χ1v) is 5.54. The van der Waals surface area contributed by atoms with Gasteiger partial charge in [-0.2, -0.15) is 0 Å². The van der Waals surface area contributed by atoms with Gasteiger partial charge in [-0.1, -0.05) is 0 Å². The maximum Gasteiger partial charge on any atom is 0.122 e. The highest BCUT2D eigenvalue weighted by atomic mass is 15.1. The van der Waals surface area contributed by atoms with E-state index in [0.29, 0.717) is 0 Å². The van der Waals surface area contributed by atoms with Crippen LogP contribution in [-0.2, 0) is 13.6 Å². The third-order valence-electron chi connectivity index (χ3n) is 3.79. The van der Waals surface area contributed by atoms with Crippen LogP contribution in [0.2, 0.25) is 0 Å². The van der Waals surface area contributed by atoms with Crippen LogP contribution in [0.5, 0.6) is 0 Å². The quantitative estimate of drug-likeness (QED) is 0.780. The molecule has 3 nitrogen and oxygen atoms in total. The summed E-state index contributed by atoms with van der Waals surface area (Å²) >= 11 is 0. The van der Waals surface area contributed by atoms with E-state index in [4.69, 9.17) is 0 Å². The van der Waals surface area contributed by atoms with Gasteiger partial charge in [0, 0.05) is 25.5 Å². The van der Waals surface area contributed by atoms with Crippen molar-refractivity contribution in [3.05, 3.63) is 18.2 Å². The van der Waals surface area contributed by atoms with Crippen molar-refractivity contribution in [2.45, 2.75) is 31.8 Å². The SMILES string of the molecule is Cn1ccnc1CNC1CCC2CC21. The number of hydrogen-bond acceptors (Lipinski definition) is 2. The largest absolute Gasteiger partial charge is 0.337 e. The smallest absolute Gasteiger partial charge is 0.122 e. The summed E-state index contributed by atoms with van der Waals surface area (Å²) < 4.78 is 2.09. The molecule has 0 aromatic carbocycles. The summed E-state index contributed by atoms with van der Waals surface area (Å²) in [6.07, 6.45) is 8.16. The molecule has 1 aromatic rings. The zero-order chi connectivity index (χ0) is 9.54. The number of imidazole rings is 1. The molecule has 2 fully saturated rings. The zero-order valence-electron chi connectivity index (χ0n) is 8.61. The molecule has 0 saturated heterocycles. The van der Waals surface area contributed by atoms with Gasteiger partial charge in [-0.25, -0.2) is 4.98 Å². The Bertz CT molecular complexity index is 331. The molecular formula is C11H17N3. The van der Waals surface area contributed by atoms with Crippen LogP contribution in [0.3, 0.4) is 0 Å². The van der Waals surface area contributed by atoms with Gasteiger partial charge in [-0.3, -0.25) is 0 Å². The molecule has 3 rings (SSSR count). The van der Waals surface area contributed by atoms with E-state index in [-0.39, 0.29) is 0 Å². The monoisotopic (exact) mass is 191 g/mol. The molecule has 0 amide bonds. The number of rotatable bonds is 3. The highest BCUT2D eigenvalue weighted by Crippen LogP contribution is 2.51. The molecule has 0 spiro atoms. The molecule has 3 heteroatoms. The Morgan fingerprint density at radius 2 is 2.50 bits per heavy atom. The Morgan fingerprint density at radius 1 is 1.57 bits per heavy atom. The highest BCUT2D eigenvalue weighted by Gasteiger charge is 2.47. The Morgan fingerprint density at radius 3 is 3.07 bits per heavy atom. The topological polar surface area (TPSA) is 29.9 Å². The lowest BCUT2D eigenvalue weighted by molar-refractivity contribution is 0.463. The third-order valence-corrected chi connectivity index (χ3v) is 3.79. The van der Waals surface area contributed by atoms with Crippen LogP contribution in [0.25, 0.3) is 0 Å². The van der Waals surface area contributed by atoms with Crippen LogP contribution in [0.15, 0.2) is 12.4 Å². The fourth-order valence-corrected chi connectivity index (χ4v) is 2.75. The Hall–Kier alpha value is -0.830. The van der Waals surface area contributed by atoms with E-state index in [0.717, 1.165) is 30.2 Å². The first kappa shape index (κ1) is 8.48. The summed E-state index contributed by atoms with van der Waals surface area (Å²) in [5, 5.41) is 3.63. The molecule has 2 aliphatic rings. The Kier molecular flexibility index (Phi) is 1.87. The van der Waals surface area contributed by atoms with Crippen molar-refractivity contribution in [1.29, 1.82) is 0 Å². The molecule has 2 saturated carbocycles. The van der Waals surface area contributed by atoms with E-state index in [1.807, 2.05) is 12.4 Å². The Labute approximate surface area is 84.5 Å². The van der Waals surface area contributed by atoms with Gasteiger partial charge in [-0.05, 0) is 31.1 Å². The fourth-order valence-electron chi connectivity index (χ4n) is 2.75. The predicted molar refractivity (Wildman–Crippen MR) is 54.7 cm³/mol. The van der Waals surface area contributed by atoms with E-state index < -0.39 is 0 Å². The summed E-state index contributed by atoms with van der Waals surface area (Å²) in [6, 6.07) is 0.775. The number of aryl methyl sites for hydroxylation is 1. The van der Waals surface area contributed by atoms with E-state index >= 15 is 0 Å². The van der Waals surface area contributed by atoms with Gasteiger partial charge in [0.15, 0.2) is 0 Å². The highest BCUT2D eigenvalue weighted by molar-refractivity contribution is 5.02. The summed E-state index contributed by atoms with van der Waals surface area (Å²) in [4.78, 5) is 4.32. The Balaban J connectivity index is 1.56. The fraction of sp³-hybridized carbons (Fsp3) is 0.727. The number of hydrogen-bond donors (Lipinski definition) is 1. The lowest BCUT2D eigenvalue weighted by Crippen LogP contribution is -2.29. The molecule has 1 heterocycles. The molecule has 0 radical (unpaired) electrons. The van der Waals surface area contributed by atoms with Gasteiger partial charge < -0.3 is 9.88 Å². The van der Waals surface area contributed by atoms with Gasteiger partial charge in [0.05, 0.1) is 6.54 Å². The number of fused-ring (bicyclic) bond motifs is 1. The predicted octanol–water partition coefficient (Wildman–Crippen LogP) is 1.31. The molecule has 1 aromatic heterocycles. The van der Waals surface area contributed by atoms with Crippen molar-refractivity contribution >= 4 is 0 Å². The van der Waals surface area contributed by atoms with Crippen LogP contribution in [-0.4, -0.2) is 15.6 Å². The first-order valence-electron chi connectivity index (χ1n) is 5.54. The minimum atomic E-state index is 0.775. The van der Waals surface area contributed by atoms with Crippen molar-refractivity contribution in [2.24, 2.45) is 18.9 Å². The maximum absolute atomic E-state index is 4.32. The normalized spacial score (nSPS) is 34.5. The summed E-state index contributed by atoms with van der Waals surface area (Å²) in [5.74, 6) is 3.21. The van der Waals surface area contributed by atoms with Crippen LogP contribution in [0.4, 0.5) is 0 Å². The van der Waals surface area contributed by atoms with Gasteiger partial charge in [0.2, 0.25) is 0 Å². The average molecular weight is 191 g/mol. The van der Waals surface area contributed by atoms with Crippen molar-refractivity contribution in [2.75, 3.05) is 0 Å². The summed E-state index contributed by atoms with van der Waals surface area (Å²) in [5.41, 5.74) is 0. The second-order valence-corrected chi connectivity index (χ2v) is 4.68. The van der Waals surface area contributed by atoms with Crippen LogP contribution >= 0.6 is 0 Å². The first-order chi connectivity index (χ1) is 6.84. The number of nitrogens with zero attached hydrogens (tertiary/aromatic N) is 2. The van der Waals surface area contributed by atoms with Crippen LogP contribution < -0.4 is 5.32 Å². The molecule has 1 N–H and O–H groups in total. The lowest BCUT2D eigenvalue weighted by Gasteiger charge is -2.13. The molecule has 2 aliphatic carbocycles. The van der Waals surface area contributed by atoms with Crippen molar-refractivity contribution in [3.8, 4) is 0 Å². The lowest BCUT2D eigenvalue weighted by atomic mass is 10.2. The molecule has 3 atom stereocenters. The van der Waals surface area contributed by atoms with E-state index in [1.54, 1.807) is 0 Å². The van der Waals surface area contributed by atoms with Crippen molar-refractivity contribution in [3.63, 3.8) is 0 Å². The standard InChI is InChI=1S/C11H17N3/c1-14-5-4-12-11(14)7-13-10-3-2-8-6-9(8)10/h4-5,8-10,13H,2-3,6-7H2,1H3. The van der Waals surface area contributed by atoms with Gasteiger partial charge in [0.1, 0.15) is 5.82 Å². The van der Waals surface area contributed by atoms with Crippen molar-refractivity contribution < 1.29 is 0 Å². The van der Waals surface area contributed by atoms with Gasteiger partial charge in [0.25, 0.3) is 0 Å². The molecular weight excluding hydrogens is 174 g/mol. The van der Waals surface area contributed by atoms with Gasteiger partial charge >= 0.3 is 0 Å². The number of aromatic nitrogens is 2. The molecule has 14 heavy (non-hydrogen) atoms. The molecule has 0 aliphatic heterocycles. The van der Waals surface area contributed by atoms with Crippen LogP contribution in [0.1, 0.15) is 25.1 Å². The summed E-state index contributed by atoms with van der Waals surface area (Å²) in [6.45, 7) is 0.928. The zero-order valence-corrected chi connectivity index (χ0v) is 8.61. The maximum atomic E-state index is 4.32.